The summed E-state index contributed by atoms with van der Waals surface area (Å²) in [6, 6.07) is 4.57. The van der Waals surface area contributed by atoms with Gasteiger partial charge in [0.15, 0.2) is 0 Å². The molecule has 1 atom stereocenters. The first kappa shape index (κ1) is 12.3. The predicted octanol–water partition coefficient (Wildman–Crippen LogP) is 3.24. The summed E-state index contributed by atoms with van der Waals surface area (Å²) >= 11 is 0. The van der Waals surface area contributed by atoms with Crippen molar-refractivity contribution in [1.82, 2.24) is 5.32 Å². The Kier molecular flexibility index (Phi) is 5.48. The Bertz CT molecular complexity index is 241. The molecular formula is C13H23NO. The van der Waals surface area contributed by atoms with Gasteiger partial charge in [0, 0.05) is 12.5 Å². The molecule has 2 nitrogen and oxygen atoms in total. The summed E-state index contributed by atoms with van der Waals surface area (Å²) in [6.07, 6.45) is 5.17. The molecule has 0 aromatic carbocycles. The van der Waals surface area contributed by atoms with Crippen molar-refractivity contribution in [3.05, 3.63) is 24.2 Å². The first-order chi connectivity index (χ1) is 7.18. The summed E-state index contributed by atoms with van der Waals surface area (Å²) < 4.78 is 5.30. The van der Waals surface area contributed by atoms with E-state index >= 15 is 0 Å². The number of hydrogen-bond acceptors (Lipinski definition) is 2. The third-order valence-corrected chi connectivity index (χ3v) is 2.62. The van der Waals surface area contributed by atoms with Gasteiger partial charge < -0.3 is 9.73 Å². The minimum Gasteiger partial charge on any atom is -0.469 e. The fraction of sp³-hybridized carbons (Fsp3) is 0.692. The fourth-order valence-corrected chi connectivity index (χ4v) is 1.53. The Morgan fingerprint density at radius 2 is 2.07 bits per heavy atom. The number of aryl methyl sites for hydroxylation is 1. The summed E-state index contributed by atoms with van der Waals surface area (Å²) in [6.45, 7) is 7.88. The lowest BCUT2D eigenvalue weighted by Gasteiger charge is -2.13. The van der Waals surface area contributed by atoms with Crippen LogP contribution in [-0.4, -0.2) is 12.6 Å². The third-order valence-electron chi connectivity index (χ3n) is 2.62. The zero-order chi connectivity index (χ0) is 11.1. The van der Waals surface area contributed by atoms with Crippen LogP contribution in [0.3, 0.4) is 0 Å². The first-order valence-electron chi connectivity index (χ1n) is 5.94. The molecule has 0 aliphatic rings. The van der Waals surface area contributed by atoms with Gasteiger partial charge in [0.05, 0.1) is 6.26 Å². The molecule has 0 spiro atoms. The van der Waals surface area contributed by atoms with E-state index < -0.39 is 0 Å². The molecule has 1 aromatic rings. The van der Waals surface area contributed by atoms with Gasteiger partial charge in [-0.2, -0.15) is 0 Å². The van der Waals surface area contributed by atoms with Gasteiger partial charge in [-0.25, -0.2) is 0 Å². The summed E-state index contributed by atoms with van der Waals surface area (Å²) in [7, 11) is 0. The molecule has 0 amide bonds. The smallest absolute Gasteiger partial charge is 0.103 e. The van der Waals surface area contributed by atoms with E-state index in [-0.39, 0.29) is 0 Å². The van der Waals surface area contributed by atoms with Crippen molar-refractivity contribution in [2.45, 2.75) is 46.1 Å². The van der Waals surface area contributed by atoms with Crippen LogP contribution in [0.4, 0.5) is 0 Å². The predicted molar refractivity (Wildman–Crippen MR) is 63.9 cm³/mol. The third kappa shape index (κ3) is 5.63. The molecule has 1 aromatic heterocycles. The quantitative estimate of drug-likeness (QED) is 0.745. The zero-order valence-corrected chi connectivity index (χ0v) is 10.1. The second kappa shape index (κ2) is 6.67. The van der Waals surface area contributed by atoms with Gasteiger partial charge in [0.25, 0.3) is 0 Å². The van der Waals surface area contributed by atoms with Gasteiger partial charge in [-0.05, 0) is 44.4 Å². The molecule has 0 fully saturated rings. The Labute approximate surface area is 93.1 Å². The minimum absolute atomic E-state index is 0.578. The van der Waals surface area contributed by atoms with Gasteiger partial charge in [-0.1, -0.05) is 13.8 Å². The molecule has 0 saturated carbocycles. The highest BCUT2D eigenvalue weighted by Gasteiger charge is 2.03. The molecular weight excluding hydrogens is 186 g/mol. The topological polar surface area (TPSA) is 25.2 Å². The van der Waals surface area contributed by atoms with Gasteiger partial charge in [-0.15, -0.1) is 0 Å². The van der Waals surface area contributed by atoms with Gasteiger partial charge in [0.1, 0.15) is 5.76 Å². The zero-order valence-electron chi connectivity index (χ0n) is 10.1. The van der Waals surface area contributed by atoms with E-state index in [4.69, 9.17) is 4.42 Å². The molecule has 1 rings (SSSR count). The van der Waals surface area contributed by atoms with E-state index in [2.05, 4.69) is 26.1 Å². The lowest BCUT2D eigenvalue weighted by Crippen LogP contribution is -2.28. The van der Waals surface area contributed by atoms with Crippen molar-refractivity contribution in [2.75, 3.05) is 6.54 Å². The number of rotatable bonds is 7. The highest BCUT2D eigenvalue weighted by molar-refractivity contribution is 4.98. The SMILES string of the molecule is CC(C)CCNC(C)CCc1ccco1. The van der Waals surface area contributed by atoms with Gasteiger partial charge in [0.2, 0.25) is 0 Å². The Hall–Kier alpha value is -0.760. The Morgan fingerprint density at radius 1 is 1.27 bits per heavy atom. The second-order valence-corrected chi connectivity index (χ2v) is 4.66. The van der Waals surface area contributed by atoms with Crippen molar-refractivity contribution >= 4 is 0 Å². The van der Waals surface area contributed by atoms with Crippen LogP contribution in [0.2, 0.25) is 0 Å². The van der Waals surface area contributed by atoms with Crippen LogP contribution >= 0.6 is 0 Å². The fourth-order valence-electron chi connectivity index (χ4n) is 1.53. The summed E-state index contributed by atoms with van der Waals surface area (Å²) in [4.78, 5) is 0. The second-order valence-electron chi connectivity index (χ2n) is 4.66. The molecule has 1 N–H and O–H groups in total. The van der Waals surface area contributed by atoms with Crippen LogP contribution in [0.5, 0.6) is 0 Å². The standard InChI is InChI=1S/C13H23NO/c1-11(2)8-9-14-12(3)6-7-13-5-4-10-15-13/h4-5,10-12,14H,6-9H2,1-3H3. The summed E-state index contributed by atoms with van der Waals surface area (Å²) in [5.74, 6) is 1.88. The van der Waals surface area contributed by atoms with E-state index in [1.807, 2.05) is 12.1 Å². The molecule has 0 saturated heterocycles. The molecule has 0 radical (unpaired) electrons. The lowest BCUT2D eigenvalue weighted by molar-refractivity contribution is 0.443. The van der Waals surface area contributed by atoms with Crippen LogP contribution in [0.15, 0.2) is 22.8 Å². The van der Waals surface area contributed by atoms with Crippen molar-refractivity contribution in [3.8, 4) is 0 Å². The molecule has 2 heteroatoms. The Morgan fingerprint density at radius 3 is 2.67 bits per heavy atom. The van der Waals surface area contributed by atoms with Crippen LogP contribution < -0.4 is 5.32 Å². The highest BCUT2D eigenvalue weighted by Crippen LogP contribution is 2.06. The largest absolute Gasteiger partial charge is 0.469 e. The van der Waals surface area contributed by atoms with Crippen molar-refractivity contribution in [3.63, 3.8) is 0 Å². The van der Waals surface area contributed by atoms with E-state index in [1.165, 1.54) is 6.42 Å². The maximum absolute atomic E-state index is 5.30. The number of nitrogens with one attached hydrogen (secondary N) is 1. The monoisotopic (exact) mass is 209 g/mol. The molecule has 0 aliphatic carbocycles. The average molecular weight is 209 g/mol. The molecule has 15 heavy (non-hydrogen) atoms. The maximum atomic E-state index is 5.30. The van der Waals surface area contributed by atoms with E-state index in [9.17, 15) is 0 Å². The minimum atomic E-state index is 0.578. The first-order valence-corrected chi connectivity index (χ1v) is 5.94. The van der Waals surface area contributed by atoms with E-state index in [0.717, 1.165) is 31.1 Å². The molecule has 1 heterocycles. The van der Waals surface area contributed by atoms with Crippen LogP contribution in [0, 0.1) is 5.92 Å². The van der Waals surface area contributed by atoms with Crippen LogP contribution in [0.1, 0.15) is 39.4 Å². The van der Waals surface area contributed by atoms with Crippen molar-refractivity contribution in [1.29, 1.82) is 0 Å². The van der Waals surface area contributed by atoms with Gasteiger partial charge >= 0.3 is 0 Å². The van der Waals surface area contributed by atoms with Crippen molar-refractivity contribution in [2.24, 2.45) is 5.92 Å². The van der Waals surface area contributed by atoms with Crippen molar-refractivity contribution < 1.29 is 4.42 Å². The normalized spacial score (nSPS) is 13.3. The molecule has 0 bridgehead atoms. The number of hydrogen-bond donors (Lipinski definition) is 1. The van der Waals surface area contributed by atoms with Crippen LogP contribution in [-0.2, 0) is 6.42 Å². The maximum Gasteiger partial charge on any atom is 0.103 e. The molecule has 1 unspecified atom stereocenters. The lowest BCUT2D eigenvalue weighted by atomic mass is 10.1. The Balaban J connectivity index is 2.06. The van der Waals surface area contributed by atoms with Gasteiger partial charge in [-0.3, -0.25) is 0 Å². The van der Waals surface area contributed by atoms with E-state index in [1.54, 1.807) is 6.26 Å². The summed E-state index contributed by atoms with van der Waals surface area (Å²) in [5, 5.41) is 3.53. The highest BCUT2D eigenvalue weighted by atomic mass is 16.3. The summed E-state index contributed by atoms with van der Waals surface area (Å²) in [5.41, 5.74) is 0. The molecule has 86 valence electrons. The van der Waals surface area contributed by atoms with Crippen LogP contribution in [0.25, 0.3) is 0 Å². The number of furan rings is 1. The van der Waals surface area contributed by atoms with E-state index in [0.29, 0.717) is 6.04 Å². The average Bonchev–Trinajstić information content (AvgIpc) is 2.66. The molecule has 0 aliphatic heterocycles.